The largest absolute Gasteiger partial charge is 0.491 e. The molecular formula is C32H24N2O6S4. The van der Waals surface area contributed by atoms with Crippen molar-refractivity contribution < 1.29 is 23.9 Å². The first-order chi connectivity index (χ1) is 21.3. The summed E-state index contributed by atoms with van der Waals surface area (Å²) in [4.78, 5) is 16.3. The van der Waals surface area contributed by atoms with Crippen molar-refractivity contribution in [1.82, 2.24) is 0 Å². The molecule has 3 aromatic heterocycles. The Morgan fingerprint density at radius 3 is 1.89 bits per heavy atom. The zero-order chi connectivity index (χ0) is 31.4. The number of thiol groups is 1. The van der Waals surface area contributed by atoms with E-state index in [-0.39, 0.29) is 22.5 Å². The summed E-state index contributed by atoms with van der Waals surface area (Å²) in [5.74, 6) is 14.0. The standard InChI is InChI=1S/C32H24N2O6S4/c1-37-27-24(43-31(29(27)39-3)18-7-11-21(41)12-8-18)13-9-19-17-23(34(35)36)20(16-22(19)33)10-14-25-28(38-2)30(40-4)32(44-25)26-6-5-15-42-26/h5-8,11-12,15-17,41H,33H2,1-4H3. The molecule has 8 nitrogen and oxygen atoms in total. The van der Waals surface area contributed by atoms with Gasteiger partial charge in [0, 0.05) is 21.5 Å². The third kappa shape index (κ3) is 6.07. The molecule has 0 bridgehead atoms. The number of benzene rings is 2. The first kappa shape index (κ1) is 30.9. The summed E-state index contributed by atoms with van der Waals surface area (Å²) >= 11 is 8.69. The maximum absolute atomic E-state index is 12.1. The molecule has 2 aromatic carbocycles. The molecule has 0 fully saturated rings. The van der Waals surface area contributed by atoms with Crippen LogP contribution in [0.4, 0.5) is 11.4 Å². The second kappa shape index (κ2) is 13.4. The van der Waals surface area contributed by atoms with Gasteiger partial charge in [0.15, 0.2) is 23.0 Å². The molecule has 3 heterocycles. The highest BCUT2D eigenvalue weighted by Crippen LogP contribution is 2.49. The van der Waals surface area contributed by atoms with Gasteiger partial charge in [-0.15, -0.1) is 46.6 Å². The number of thiophene rings is 3. The molecule has 0 aliphatic rings. The molecule has 0 radical (unpaired) electrons. The molecule has 0 amide bonds. The minimum atomic E-state index is -0.504. The summed E-state index contributed by atoms with van der Waals surface area (Å²) in [6, 6.07) is 14.3. The lowest BCUT2D eigenvalue weighted by Crippen LogP contribution is -1.98. The van der Waals surface area contributed by atoms with Crippen LogP contribution in [0.1, 0.15) is 20.9 Å². The number of hydrogen-bond donors (Lipinski definition) is 2. The monoisotopic (exact) mass is 660 g/mol. The van der Waals surface area contributed by atoms with Gasteiger partial charge in [-0.1, -0.05) is 30.0 Å². The van der Waals surface area contributed by atoms with Crippen molar-refractivity contribution in [2.24, 2.45) is 0 Å². The number of nitrogens with two attached hydrogens (primary N) is 1. The second-order valence-electron chi connectivity index (χ2n) is 8.89. The van der Waals surface area contributed by atoms with Gasteiger partial charge in [0.2, 0.25) is 0 Å². The lowest BCUT2D eigenvalue weighted by molar-refractivity contribution is -0.385. The van der Waals surface area contributed by atoms with Crippen LogP contribution < -0.4 is 24.7 Å². The van der Waals surface area contributed by atoms with E-state index in [4.69, 9.17) is 24.7 Å². The minimum absolute atomic E-state index is 0.149. The zero-order valence-corrected chi connectivity index (χ0v) is 27.2. The minimum Gasteiger partial charge on any atom is -0.491 e. The van der Waals surface area contributed by atoms with Crippen molar-refractivity contribution in [3.05, 3.63) is 84.9 Å². The number of anilines is 1. The third-order valence-electron chi connectivity index (χ3n) is 6.32. The van der Waals surface area contributed by atoms with Crippen LogP contribution in [-0.2, 0) is 0 Å². The van der Waals surface area contributed by atoms with Gasteiger partial charge in [0.05, 0.1) is 48.7 Å². The van der Waals surface area contributed by atoms with E-state index in [9.17, 15) is 10.1 Å². The molecule has 12 heteroatoms. The van der Waals surface area contributed by atoms with Crippen LogP contribution in [0, 0.1) is 33.8 Å². The SMILES string of the molecule is COc1c(C#Cc2cc([N+](=O)[O-])c(C#Cc3sc(-c4cccs4)c(OC)c3OC)cc2N)sc(-c2ccc(S)cc2)c1OC. The summed E-state index contributed by atoms with van der Waals surface area (Å²) in [6.07, 6.45) is 0. The smallest absolute Gasteiger partial charge is 0.286 e. The number of nitro benzene ring substituents is 1. The fourth-order valence-corrected chi connectivity index (χ4v) is 7.48. The Hall–Kier alpha value is -4.59. The third-order valence-corrected chi connectivity index (χ3v) is 9.86. The molecule has 0 unspecified atom stereocenters. The number of nitrogen functional groups attached to an aromatic ring is 1. The lowest BCUT2D eigenvalue weighted by Gasteiger charge is -2.05. The van der Waals surface area contributed by atoms with E-state index < -0.39 is 4.92 Å². The summed E-state index contributed by atoms with van der Waals surface area (Å²) in [6.45, 7) is 0. The summed E-state index contributed by atoms with van der Waals surface area (Å²) in [5.41, 5.74) is 7.71. The average molecular weight is 661 g/mol. The van der Waals surface area contributed by atoms with Crippen LogP contribution in [0.2, 0.25) is 0 Å². The predicted molar refractivity (Wildman–Crippen MR) is 180 cm³/mol. The fraction of sp³-hybridized carbons (Fsp3) is 0.125. The molecule has 44 heavy (non-hydrogen) atoms. The summed E-state index contributed by atoms with van der Waals surface area (Å²) < 4.78 is 22.5. The van der Waals surface area contributed by atoms with E-state index >= 15 is 0 Å². The number of methoxy groups -OCH3 is 4. The van der Waals surface area contributed by atoms with Gasteiger partial charge in [0.1, 0.15) is 15.3 Å². The van der Waals surface area contributed by atoms with Gasteiger partial charge in [-0.2, -0.15) is 0 Å². The maximum atomic E-state index is 12.1. The van der Waals surface area contributed by atoms with Crippen molar-refractivity contribution in [3.8, 4) is 66.9 Å². The van der Waals surface area contributed by atoms with E-state index in [1.807, 2.05) is 41.8 Å². The molecule has 0 aliphatic heterocycles. The van der Waals surface area contributed by atoms with E-state index in [0.29, 0.717) is 32.8 Å². The Morgan fingerprint density at radius 2 is 1.34 bits per heavy atom. The van der Waals surface area contributed by atoms with Crippen molar-refractivity contribution in [2.75, 3.05) is 34.2 Å². The van der Waals surface area contributed by atoms with E-state index in [1.165, 1.54) is 49.0 Å². The zero-order valence-electron chi connectivity index (χ0n) is 23.8. The fourth-order valence-electron chi connectivity index (χ4n) is 4.29. The normalized spacial score (nSPS) is 10.3. The van der Waals surface area contributed by atoms with Crippen molar-refractivity contribution in [1.29, 1.82) is 0 Å². The van der Waals surface area contributed by atoms with E-state index in [0.717, 1.165) is 25.1 Å². The Labute approximate surface area is 271 Å². The van der Waals surface area contributed by atoms with Crippen LogP contribution in [0.15, 0.2) is 58.8 Å². The van der Waals surface area contributed by atoms with Gasteiger partial charge < -0.3 is 24.7 Å². The molecule has 0 aliphatic carbocycles. The van der Waals surface area contributed by atoms with Crippen LogP contribution >= 0.6 is 46.6 Å². The average Bonchev–Trinajstić information content (AvgIpc) is 3.76. The van der Waals surface area contributed by atoms with E-state index in [2.05, 4.69) is 36.3 Å². The molecular weight excluding hydrogens is 637 g/mol. The molecule has 5 aromatic rings. The molecule has 0 spiro atoms. The van der Waals surface area contributed by atoms with Gasteiger partial charge in [-0.25, -0.2) is 0 Å². The number of hydrogen-bond acceptors (Lipinski definition) is 11. The Bertz CT molecular complexity index is 1970. The highest BCUT2D eigenvalue weighted by Gasteiger charge is 2.23. The predicted octanol–water partition coefficient (Wildman–Crippen LogP) is 7.82. The van der Waals surface area contributed by atoms with Gasteiger partial charge in [-0.05, 0) is 47.0 Å². The Balaban J connectivity index is 1.54. The van der Waals surface area contributed by atoms with Gasteiger partial charge in [-0.3, -0.25) is 10.1 Å². The lowest BCUT2D eigenvalue weighted by atomic mass is 10.1. The van der Waals surface area contributed by atoms with Gasteiger partial charge in [0.25, 0.3) is 5.69 Å². The molecule has 222 valence electrons. The number of nitrogens with zero attached hydrogens (tertiary/aromatic N) is 1. The second-order valence-corrected chi connectivity index (χ2v) is 12.4. The van der Waals surface area contributed by atoms with Crippen LogP contribution in [-0.4, -0.2) is 33.4 Å². The Morgan fingerprint density at radius 1 is 0.773 bits per heavy atom. The van der Waals surface area contributed by atoms with E-state index in [1.54, 1.807) is 25.6 Å². The topological polar surface area (TPSA) is 106 Å². The van der Waals surface area contributed by atoms with Crippen LogP contribution in [0.5, 0.6) is 23.0 Å². The first-order valence-electron chi connectivity index (χ1n) is 12.7. The Kier molecular flexibility index (Phi) is 9.37. The van der Waals surface area contributed by atoms with Crippen LogP contribution in [0.25, 0.3) is 20.2 Å². The van der Waals surface area contributed by atoms with Crippen molar-refractivity contribution in [3.63, 3.8) is 0 Å². The molecule has 0 saturated carbocycles. The number of ether oxygens (including phenoxy) is 4. The number of nitro groups is 1. The summed E-state index contributed by atoms with van der Waals surface area (Å²) in [5, 5.41) is 14.1. The number of rotatable bonds is 7. The van der Waals surface area contributed by atoms with Crippen LogP contribution in [0.3, 0.4) is 0 Å². The quantitative estimate of drug-likeness (QED) is 0.0603. The molecule has 5 rings (SSSR count). The molecule has 2 N–H and O–H groups in total. The van der Waals surface area contributed by atoms with Gasteiger partial charge >= 0.3 is 0 Å². The highest BCUT2D eigenvalue weighted by molar-refractivity contribution is 7.80. The first-order valence-corrected chi connectivity index (χ1v) is 15.7. The molecule has 0 atom stereocenters. The highest BCUT2D eigenvalue weighted by atomic mass is 32.1. The molecule has 0 saturated heterocycles. The van der Waals surface area contributed by atoms with Crippen molar-refractivity contribution >= 4 is 58.0 Å². The van der Waals surface area contributed by atoms with Crippen molar-refractivity contribution in [2.45, 2.75) is 4.90 Å². The maximum Gasteiger partial charge on any atom is 0.286 e. The summed E-state index contributed by atoms with van der Waals surface area (Å²) in [7, 11) is 6.18.